The van der Waals surface area contributed by atoms with Crippen LogP contribution in [-0.2, 0) is 0 Å². The van der Waals surface area contributed by atoms with Gasteiger partial charge in [-0.1, -0.05) is 41.0 Å². The predicted molar refractivity (Wildman–Crippen MR) is 84.4 cm³/mol. The van der Waals surface area contributed by atoms with Crippen LogP contribution in [0.5, 0.6) is 0 Å². The third-order valence-electron chi connectivity index (χ3n) is 3.62. The molecular weight excluding hydrogens is 242 g/mol. The Labute approximate surface area is 118 Å². The molecule has 0 bridgehead atoms. The van der Waals surface area contributed by atoms with Gasteiger partial charge >= 0.3 is 0 Å². The molecule has 0 radical (unpaired) electrons. The maximum atomic E-state index is 9.64. The SMILES string of the molecule is CCC(C)CSCCCC(CC)(CO)NC(C)C. The van der Waals surface area contributed by atoms with Gasteiger partial charge in [-0.15, -0.1) is 0 Å². The lowest BCUT2D eigenvalue weighted by atomic mass is 9.91. The highest BCUT2D eigenvalue weighted by Crippen LogP contribution is 2.20. The minimum Gasteiger partial charge on any atom is -0.394 e. The van der Waals surface area contributed by atoms with Crippen molar-refractivity contribution in [3.8, 4) is 0 Å². The first-order valence-corrected chi connectivity index (χ1v) is 8.61. The second kappa shape index (κ2) is 10.1. The van der Waals surface area contributed by atoms with E-state index < -0.39 is 0 Å². The Morgan fingerprint density at radius 2 is 1.89 bits per heavy atom. The fraction of sp³-hybridized carbons (Fsp3) is 1.00. The van der Waals surface area contributed by atoms with Gasteiger partial charge in [-0.25, -0.2) is 0 Å². The Kier molecular flexibility index (Phi) is 10.3. The third-order valence-corrected chi connectivity index (χ3v) is 5.00. The molecule has 0 aliphatic heterocycles. The lowest BCUT2D eigenvalue weighted by Crippen LogP contribution is -2.51. The molecule has 0 aliphatic carbocycles. The maximum absolute atomic E-state index is 9.64. The summed E-state index contributed by atoms with van der Waals surface area (Å²) < 4.78 is 0. The van der Waals surface area contributed by atoms with Crippen molar-refractivity contribution in [1.82, 2.24) is 5.32 Å². The third kappa shape index (κ3) is 7.65. The van der Waals surface area contributed by atoms with E-state index in [2.05, 4.69) is 51.7 Å². The van der Waals surface area contributed by atoms with Gasteiger partial charge < -0.3 is 10.4 Å². The smallest absolute Gasteiger partial charge is 0.0613 e. The highest BCUT2D eigenvalue weighted by Gasteiger charge is 2.26. The molecule has 0 heterocycles. The standard InChI is InChI=1S/C15H33NOS/c1-6-14(5)11-18-10-8-9-15(7-2,12-17)16-13(3)4/h13-14,16-17H,6-12H2,1-5H3. The number of nitrogens with one attached hydrogen (secondary N) is 1. The van der Waals surface area contributed by atoms with Gasteiger partial charge in [0, 0.05) is 11.6 Å². The monoisotopic (exact) mass is 275 g/mol. The Hall–Kier alpha value is 0.270. The van der Waals surface area contributed by atoms with E-state index in [9.17, 15) is 5.11 Å². The van der Waals surface area contributed by atoms with E-state index in [1.165, 1.54) is 24.3 Å². The molecule has 0 aliphatic rings. The van der Waals surface area contributed by atoms with E-state index in [1.807, 2.05) is 0 Å². The van der Waals surface area contributed by atoms with Gasteiger partial charge in [0.05, 0.1) is 6.61 Å². The summed E-state index contributed by atoms with van der Waals surface area (Å²) in [5.74, 6) is 3.32. The average Bonchev–Trinajstić information content (AvgIpc) is 2.36. The molecule has 18 heavy (non-hydrogen) atoms. The molecule has 0 aromatic carbocycles. The van der Waals surface area contributed by atoms with E-state index in [1.54, 1.807) is 0 Å². The second-order valence-electron chi connectivity index (χ2n) is 5.78. The Bertz CT molecular complexity index is 193. The largest absolute Gasteiger partial charge is 0.394 e. The zero-order valence-electron chi connectivity index (χ0n) is 13.0. The van der Waals surface area contributed by atoms with Crippen LogP contribution < -0.4 is 5.32 Å². The first kappa shape index (κ1) is 18.3. The van der Waals surface area contributed by atoms with Crippen molar-refractivity contribution in [2.45, 2.75) is 71.9 Å². The summed E-state index contributed by atoms with van der Waals surface area (Å²) in [5.41, 5.74) is -0.0644. The fourth-order valence-corrected chi connectivity index (χ4v) is 3.27. The maximum Gasteiger partial charge on any atom is 0.0613 e. The van der Waals surface area contributed by atoms with Gasteiger partial charge in [0.25, 0.3) is 0 Å². The minimum atomic E-state index is -0.0644. The average molecular weight is 276 g/mol. The first-order chi connectivity index (χ1) is 8.49. The number of hydrogen-bond acceptors (Lipinski definition) is 3. The lowest BCUT2D eigenvalue weighted by molar-refractivity contribution is 0.137. The van der Waals surface area contributed by atoms with Crippen LogP contribution in [0.1, 0.15) is 60.3 Å². The van der Waals surface area contributed by atoms with Crippen molar-refractivity contribution in [2.75, 3.05) is 18.1 Å². The van der Waals surface area contributed by atoms with Gasteiger partial charge in [-0.3, -0.25) is 0 Å². The number of thioether (sulfide) groups is 1. The minimum absolute atomic E-state index is 0.0644. The molecule has 0 spiro atoms. The molecule has 0 rings (SSSR count). The van der Waals surface area contributed by atoms with Crippen LogP contribution in [0.15, 0.2) is 0 Å². The van der Waals surface area contributed by atoms with Crippen molar-refractivity contribution in [1.29, 1.82) is 0 Å². The number of rotatable bonds is 11. The second-order valence-corrected chi connectivity index (χ2v) is 6.93. The van der Waals surface area contributed by atoms with Crippen LogP contribution in [0.25, 0.3) is 0 Å². The molecule has 2 nitrogen and oxygen atoms in total. The van der Waals surface area contributed by atoms with Gasteiger partial charge in [-0.05, 0) is 36.7 Å². The van der Waals surface area contributed by atoms with Crippen molar-refractivity contribution in [2.24, 2.45) is 5.92 Å². The van der Waals surface area contributed by atoms with Gasteiger partial charge in [0.2, 0.25) is 0 Å². The van der Waals surface area contributed by atoms with Crippen LogP contribution in [0.3, 0.4) is 0 Å². The van der Waals surface area contributed by atoms with E-state index in [-0.39, 0.29) is 12.1 Å². The molecular formula is C15H33NOS. The molecule has 110 valence electrons. The van der Waals surface area contributed by atoms with Crippen LogP contribution in [-0.4, -0.2) is 34.8 Å². The molecule has 0 amide bonds. The summed E-state index contributed by atoms with van der Waals surface area (Å²) in [6.07, 6.45) is 4.54. The molecule has 2 N–H and O–H groups in total. The number of hydrogen-bond donors (Lipinski definition) is 2. The zero-order valence-corrected chi connectivity index (χ0v) is 13.8. The van der Waals surface area contributed by atoms with Crippen LogP contribution in [0.4, 0.5) is 0 Å². The summed E-state index contributed by atoms with van der Waals surface area (Å²) in [7, 11) is 0. The molecule has 2 unspecified atom stereocenters. The lowest BCUT2D eigenvalue weighted by Gasteiger charge is -2.34. The van der Waals surface area contributed by atoms with E-state index in [4.69, 9.17) is 0 Å². The van der Waals surface area contributed by atoms with Gasteiger partial charge in [0.1, 0.15) is 0 Å². The highest BCUT2D eigenvalue weighted by atomic mass is 32.2. The predicted octanol–water partition coefficient (Wildman–Crippen LogP) is 3.69. The normalized spacial score (nSPS) is 16.8. The Balaban J connectivity index is 3.90. The topological polar surface area (TPSA) is 32.3 Å². The van der Waals surface area contributed by atoms with Gasteiger partial charge in [0.15, 0.2) is 0 Å². The fourth-order valence-electron chi connectivity index (χ4n) is 2.11. The summed E-state index contributed by atoms with van der Waals surface area (Å²) in [6, 6.07) is 0.435. The quantitative estimate of drug-likeness (QED) is 0.564. The molecule has 3 heteroatoms. The Morgan fingerprint density at radius 3 is 2.33 bits per heavy atom. The number of aliphatic hydroxyl groups excluding tert-OH is 1. The van der Waals surface area contributed by atoms with Crippen molar-refractivity contribution in [3.63, 3.8) is 0 Å². The van der Waals surface area contributed by atoms with Crippen LogP contribution in [0, 0.1) is 5.92 Å². The van der Waals surface area contributed by atoms with E-state index >= 15 is 0 Å². The molecule has 0 saturated carbocycles. The van der Waals surface area contributed by atoms with E-state index in [0.29, 0.717) is 6.04 Å². The molecule has 2 atom stereocenters. The summed E-state index contributed by atoms with van der Waals surface area (Å²) in [4.78, 5) is 0. The summed E-state index contributed by atoms with van der Waals surface area (Å²) >= 11 is 2.06. The molecule has 0 aromatic rings. The van der Waals surface area contributed by atoms with Crippen molar-refractivity contribution < 1.29 is 5.11 Å². The van der Waals surface area contributed by atoms with Crippen molar-refractivity contribution >= 4 is 11.8 Å². The van der Waals surface area contributed by atoms with Crippen LogP contribution >= 0.6 is 11.8 Å². The molecule has 0 aromatic heterocycles. The summed E-state index contributed by atoms with van der Waals surface area (Å²) in [6.45, 7) is 11.3. The number of aliphatic hydroxyl groups is 1. The van der Waals surface area contributed by atoms with E-state index in [0.717, 1.165) is 18.8 Å². The van der Waals surface area contributed by atoms with Crippen LogP contribution in [0.2, 0.25) is 0 Å². The molecule has 0 saturated heterocycles. The van der Waals surface area contributed by atoms with Crippen molar-refractivity contribution in [3.05, 3.63) is 0 Å². The molecule has 0 fully saturated rings. The zero-order chi connectivity index (χ0) is 14.0. The first-order valence-electron chi connectivity index (χ1n) is 7.46. The Morgan fingerprint density at radius 1 is 1.22 bits per heavy atom. The van der Waals surface area contributed by atoms with Gasteiger partial charge in [-0.2, -0.15) is 11.8 Å². The summed E-state index contributed by atoms with van der Waals surface area (Å²) in [5, 5.41) is 13.2. The highest BCUT2D eigenvalue weighted by molar-refractivity contribution is 7.99.